The van der Waals surface area contributed by atoms with Gasteiger partial charge in [0.15, 0.2) is 0 Å². The highest BCUT2D eigenvalue weighted by molar-refractivity contribution is 9.10. The average molecular weight is 310 g/mol. The Balaban J connectivity index is 1.76. The van der Waals surface area contributed by atoms with Gasteiger partial charge in [-0.3, -0.25) is 0 Å². The van der Waals surface area contributed by atoms with Gasteiger partial charge in [0.25, 0.3) is 0 Å². The molecular weight excluding hydrogens is 290 g/mol. The van der Waals surface area contributed by atoms with Gasteiger partial charge >= 0.3 is 0 Å². The van der Waals surface area contributed by atoms with E-state index >= 15 is 0 Å². The average Bonchev–Trinajstić information content (AvgIpc) is 2.75. The van der Waals surface area contributed by atoms with Gasteiger partial charge in [0.05, 0.1) is 0 Å². The lowest BCUT2D eigenvalue weighted by Crippen LogP contribution is -2.32. The van der Waals surface area contributed by atoms with Gasteiger partial charge < -0.3 is 10.6 Å². The fourth-order valence-corrected chi connectivity index (χ4v) is 3.57. The summed E-state index contributed by atoms with van der Waals surface area (Å²) in [5.74, 6) is 2.73. The number of aromatic nitrogens is 1. The summed E-state index contributed by atoms with van der Waals surface area (Å²) in [4.78, 5) is 6.98. The van der Waals surface area contributed by atoms with Crippen LogP contribution < -0.4 is 10.6 Å². The fraction of sp³-hybridized carbons (Fsp3) is 0.643. The van der Waals surface area contributed by atoms with E-state index in [0.29, 0.717) is 6.04 Å². The van der Waals surface area contributed by atoms with Gasteiger partial charge in [-0.25, -0.2) is 4.98 Å². The van der Waals surface area contributed by atoms with E-state index < -0.39 is 0 Å². The molecule has 1 aromatic heterocycles. The third-order valence-electron chi connectivity index (χ3n) is 4.45. The van der Waals surface area contributed by atoms with Crippen LogP contribution in [0, 0.1) is 18.8 Å². The van der Waals surface area contributed by atoms with E-state index in [1.54, 1.807) is 0 Å². The molecule has 2 fully saturated rings. The predicted molar refractivity (Wildman–Crippen MR) is 77.7 cm³/mol. The van der Waals surface area contributed by atoms with Crippen LogP contribution in [0.1, 0.15) is 24.8 Å². The molecule has 1 unspecified atom stereocenters. The summed E-state index contributed by atoms with van der Waals surface area (Å²) in [6.07, 6.45) is 5.59. The number of anilines is 1. The highest BCUT2D eigenvalue weighted by Gasteiger charge is 2.37. The van der Waals surface area contributed by atoms with Gasteiger partial charge in [-0.15, -0.1) is 0 Å². The van der Waals surface area contributed by atoms with Crippen molar-refractivity contribution >= 4 is 21.7 Å². The maximum Gasteiger partial charge on any atom is 0.128 e. The third kappa shape index (κ3) is 2.28. The van der Waals surface area contributed by atoms with E-state index in [4.69, 9.17) is 5.73 Å². The van der Waals surface area contributed by atoms with Crippen molar-refractivity contribution in [3.8, 4) is 0 Å². The number of rotatable bonds is 1. The highest BCUT2D eigenvalue weighted by atomic mass is 79.9. The molecule has 4 heteroatoms. The van der Waals surface area contributed by atoms with Crippen molar-refractivity contribution in [2.75, 3.05) is 18.0 Å². The molecule has 2 N–H and O–H groups in total. The Morgan fingerprint density at radius 1 is 1.33 bits per heavy atom. The molecular formula is C14H20BrN3. The lowest BCUT2D eigenvalue weighted by Gasteiger charge is -2.27. The SMILES string of the molecule is Cc1cc(N2C[C@H]3CCC(N)C[C@H]3C2)ncc1Br. The largest absolute Gasteiger partial charge is 0.356 e. The van der Waals surface area contributed by atoms with Crippen LogP contribution >= 0.6 is 15.9 Å². The Bertz CT molecular complexity index is 449. The van der Waals surface area contributed by atoms with Gasteiger partial charge in [0, 0.05) is 29.8 Å². The molecule has 0 radical (unpaired) electrons. The van der Waals surface area contributed by atoms with Crippen molar-refractivity contribution in [2.24, 2.45) is 17.6 Å². The molecule has 0 amide bonds. The monoisotopic (exact) mass is 309 g/mol. The first-order chi connectivity index (χ1) is 8.63. The van der Waals surface area contributed by atoms with E-state index in [1.165, 1.54) is 24.8 Å². The maximum atomic E-state index is 6.08. The summed E-state index contributed by atoms with van der Waals surface area (Å²) in [6, 6.07) is 2.60. The van der Waals surface area contributed by atoms with Crippen molar-refractivity contribution < 1.29 is 0 Å². The van der Waals surface area contributed by atoms with E-state index in [9.17, 15) is 0 Å². The van der Waals surface area contributed by atoms with Crippen LogP contribution in [-0.2, 0) is 0 Å². The summed E-state index contributed by atoms with van der Waals surface area (Å²) >= 11 is 3.51. The fourth-order valence-electron chi connectivity index (χ4n) is 3.35. The smallest absolute Gasteiger partial charge is 0.128 e. The standard InChI is InChI=1S/C14H20BrN3/c1-9-4-14(17-6-13(9)15)18-7-10-2-3-12(16)5-11(10)8-18/h4,6,10-12H,2-3,5,7-8,16H2,1H3/t10-,11+,12?/m1/s1. The summed E-state index contributed by atoms with van der Waals surface area (Å²) in [5, 5.41) is 0. The topological polar surface area (TPSA) is 42.1 Å². The van der Waals surface area contributed by atoms with Gasteiger partial charge in [-0.05, 0) is 65.6 Å². The Labute approximate surface area is 117 Å². The summed E-state index contributed by atoms with van der Waals surface area (Å²) in [7, 11) is 0. The number of hydrogen-bond donors (Lipinski definition) is 1. The third-order valence-corrected chi connectivity index (χ3v) is 5.28. The van der Waals surface area contributed by atoms with E-state index in [1.807, 2.05) is 6.20 Å². The van der Waals surface area contributed by atoms with Gasteiger partial charge in [-0.2, -0.15) is 0 Å². The molecule has 1 aromatic rings. The van der Waals surface area contributed by atoms with Gasteiger partial charge in [0.2, 0.25) is 0 Å². The predicted octanol–water partition coefficient (Wildman–Crippen LogP) is 2.72. The summed E-state index contributed by atoms with van der Waals surface area (Å²) in [6.45, 7) is 4.41. The van der Waals surface area contributed by atoms with E-state index in [0.717, 1.165) is 35.2 Å². The second-order valence-corrected chi connectivity index (χ2v) is 6.64. The first kappa shape index (κ1) is 12.4. The molecule has 2 heterocycles. The van der Waals surface area contributed by atoms with Crippen LogP contribution in [0.3, 0.4) is 0 Å². The molecule has 0 bridgehead atoms. The molecule has 1 aliphatic heterocycles. The molecule has 3 atom stereocenters. The number of aryl methyl sites for hydroxylation is 1. The number of pyridine rings is 1. The number of halogens is 1. The molecule has 18 heavy (non-hydrogen) atoms. The molecule has 3 nitrogen and oxygen atoms in total. The quantitative estimate of drug-likeness (QED) is 0.867. The molecule has 1 saturated heterocycles. The second kappa shape index (κ2) is 4.82. The van der Waals surface area contributed by atoms with Crippen LogP contribution in [0.4, 0.5) is 5.82 Å². The summed E-state index contributed by atoms with van der Waals surface area (Å²) in [5.41, 5.74) is 7.33. The molecule has 3 rings (SSSR count). The minimum Gasteiger partial charge on any atom is -0.356 e. The number of fused-ring (bicyclic) bond motifs is 1. The van der Waals surface area contributed by atoms with Crippen LogP contribution in [0.5, 0.6) is 0 Å². The molecule has 1 aliphatic carbocycles. The van der Waals surface area contributed by atoms with Crippen molar-refractivity contribution in [1.82, 2.24) is 4.98 Å². The molecule has 98 valence electrons. The second-order valence-electron chi connectivity index (χ2n) is 5.79. The summed E-state index contributed by atoms with van der Waals surface area (Å²) < 4.78 is 1.09. The van der Waals surface area contributed by atoms with Gasteiger partial charge in [-0.1, -0.05) is 0 Å². The maximum absolute atomic E-state index is 6.08. The lowest BCUT2D eigenvalue weighted by molar-refractivity contribution is 0.271. The molecule has 0 aromatic carbocycles. The zero-order chi connectivity index (χ0) is 12.7. The number of hydrogen-bond acceptors (Lipinski definition) is 3. The minimum absolute atomic E-state index is 0.422. The van der Waals surface area contributed by atoms with Crippen molar-refractivity contribution in [1.29, 1.82) is 0 Å². The first-order valence-corrected chi connectivity index (χ1v) is 7.55. The van der Waals surface area contributed by atoms with Crippen molar-refractivity contribution in [2.45, 2.75) is 32.2 Å². The van der Waals surface area contributed by atoms with Gasteiger partial charge in [0.1, 0.15) is 5.82 Å². The highest BCUT2D eigenvalue weighted by Crippen LogP contribution is 2.37. The van der Waals surface area contributed by atoms with Crippen LogP contribution in [0.25, 0.3) is 0 Å². The van der Waals surface area contributed by atoms with Crippen LogP contribution in [0.15, 0.2) is 16.7 Å². The zero-order valence-corrected chi connectivity index (χ0v) is 12.4. The molecule has 1 saturated carbocycles. The van der Waals surface area contributed by atoms with Crippen LogP contribution in [-0.4, -0.2) is 24.1 Å². The van der Waals surface area contributed by atoms with Crippen molar-refractivity contribution in [3.63, 3.8) is 0 Å². The Morgan fingerprint density at radius 2 is 2.11 bits per heavy atom. The Hall–Kier alpha value is -0.610. The number of nitrogens with zero attached hydrogens (tertiary/aromatic N) is 2. The Kier molecular flexibility index (Phi) is 3.32. The molecule has 2 aliphatic rings. The minimum atomic E-state index is 0.422. The normalized spacial score (nSPS) is 31.5. The zero-order valence-electron chi connectivity index (χ0n) is 10.8. The number of nitrogens with two attached hydrogens (primary N) is 1. The lowest BCUT2D eigenvalue weighted by atomic mass is 9.79. The van der Waals surface area contributed by atoms with E-state index in [-0.39, 0.29) is 0 Å². The van der Waals surface area contributed by atoms with E-state index in [2.05, 4.69) is 38.8 Å². The first-order valence-electron chi connectivity index (χ1n) is 6.76. The van der Waals surface area contributed by atoms with Crippen molar-refractivity contribution in [3.05, 3.63) is 22.3 Å². The van der Waals surface area contributed by atoms with Crippen LogP contribution in [0.2, 0.25) is 0 Å². The Morgan fingerprint density at radius 3 is 2.89 bits per heavy atom. The molecule has 0 spiro atoms.